The smallest absolute Gasteiger partial charge is 0.0624 e. The fourth-order valence-electron chi connectivity index (χ4n) is 2.03. The van der Waals surface area contributed by atoms with Gasteiger partial charge in [0.1, 0.15) is 0 Å². The van der Waals surface area contributed by atoms with Crippen LogP contribution in [0.4, 0.5) is 0 Å². The number of hydrogen-bond donors (Lipinski definition) is 0. The van der Waals surface area contributed by atoms with E-state index in [0.29, 0.717) is 5.02 Å². The topological polar surface area (TPSA) is 14.1 Å². The lowest BCUT2D eigenvalue weighted by atomic mass is 9.91. The van der Waals surface area contributed by atoms with Crippen molar-refractivity contribution in [1.82, 2.24) is 5.32 Å². The fourth-order valence-corrected chi connectivity index (χ4v) is 2.42. The van der Waals surface area contributed by atoms with Gasteiger partial charge in [0.2, 0.25) is 0 Å². The molecule has 1 aromatic rings. The van der Waals surface area contributed by atoms with E-state index in [1.165, 1.54) is 18.4 Å². The largest absolute Gasteiger partial charge is 0.242 e. The summed E-state index contributed by atoms with van der Waals surface area (Å²) in [5.41, 5.74) is 1.18. The van der Waals surface area contributed by atoms with Gasteiger partial charge in [0.25, 0.3) is 0 Å². The van der Waals surface area contributed by atoms with E-state index in [1.54, 1.807) is 0 Å². The number of nitrogens with zero attached hydrogens (tertiary/aromatic N) is 1. The van der Waals surface area contributed by atoms with Crippen molar-refractivity contribution in [2.24, 2.45) is 5.92 Å². The molecule has 1 aliphatic rings. The van der Waals surface area contributed by atoms with E-state index in [2.05, 4.69) is 11.4 Å². The Hall–Kier alpha value is -0.240. The van der Waals surface area contributed by atoms with Crippen molar-refractivity contribution in [1.29, 1.82) is 0 Å². The highest BCUT2D eigenvalue weighted by Crippen LogP contribution is 2.29. The van der Waals surface area contributed by atoms with Gasteiger partial charge in [0.05, 0.1) is 10.0 Å². The van der Waals surface area contributed by atoms with Gasteiger partial charge in [-0.05, 0) is 36.8 Å². The molecule has 2 rings (SSSR count). The third-order valence-corrected chi connectivity index (χ3v) is 3.79. The van der Waals surface area contributed by atoms with Gasteiger partial charge in [-0.25, -0.2) is 5.32 Å². The summed E-state index contributed by atoms with van der Waals surface area (Å²) in [4.78, 5) is 0. The molecule has 1 fully saturated rings. The normalized spacial score (nSPS) is 18.0. The van der Waals surface area contributed by atoms with Crippen molar-refractivity contribution in [3.05, 3.63) is 33.8 Å². The van der Waals surface area contributed by atoms with E-state index in [4.69, 9.17) is 23.2 Å². The van der Waals surface area contributed by atoms with Gasteiger partial charge in [0.15, 0.2) is 0 Å². The Labute approximate surface area is 101 Å². The average molecular weight is 243 g/mol. The average Bonchev–Trinajstić information content (AvgIpc) is 2.26. The molecule has 0 N–H and O–H groups in total. The van der Waals surface area contributed by atoms with E-state index >= 15 is 0 Å². The second-order valence-corrected chi connectivity index (χ2v) is 4.82. The Balaban J connectivity index is 2.06. The van der Waals surface area contributed by atoms with Crippen LogP contribution in [0, 0.1) is 5.92 Å². The molecule has 81 valence electrons. The maximum absolute atomic E-state index is 6.16. The highest BCUT2D eigenvalue weighted by molar-refractivity contribution is 6.42. The zero-order valence-corrected chi connectivity index (χ0v) is 10.1. The maximum atomic E-state index is 6.16. The third-order valence-electron chi connectivity index (χ3n) is 2.93. The first-order chi connectivity index (χ1) is 7.27. The first kappa shape index (κ1) is 11.3. The highest BCUT2D eigenvalue weighted by atomic mass is 35.5. The Morgan fingerprint density at radius 3 is 2.67 bits per heavy atom. The molecule has 1 aromatic carbocycles. The van der Waals surface area contributed by atoms with E-state index in [-0.39, 0.29) is 0 Å². The highest BCUT2D eigenvalue weighted by Gasteiger charge is 2.16. The lowest BCUT2D eigenvalue weighted by molar-refractivity contribution is 0.368. The molecule has 0 aliphatic carbocycles. The van der Waals surface area contributed by atoms with Crippen LogP contribution in [0.1, 0.15) is 18.4 Å². The van der Waals surface area contributed by atoms with Crippen LogP contribution in [0.5, 0.6) is 0 Å². The summed E-state index contributed by atoms with van der Waals surface area (Å²) in [6.07, 6.45) is 3.40. The van der Waals surface area contributed by atoms with E-state index < -0.39 is 0 Å². The first-order valence-corrected chi connectivity index (χ1v) is 6.09. The molecule has 0 atom stereocenters. The Kier molecular flexibility index (Phi) is 3.90. The zero-order valence-electron chi connectivity index (χ0n) is 8.55. The Morgan fingerprint density at radius 2 is 1.93 bits per heavy atom. The van der Waals surface area contributed by atoms with Crippen LogP contribution in [-0.4, -0.2) is 13.1 Å². The molecule has 1 heterocycles. The maximum Gasteiger partial charge on any atom is 0.0624 e. The number of piperidine rings is 1. The minimum atomic E-state index is 0.662. The van der Waals surface area contributed by atoms with Crippen LogP contribution in [0.15, 0.2) is 18.2 Å². The molecule has 1 aliphatic heterocycles. The van der Waals surface area contributed by atoms with Crippen molar-refractivity contribution in [2.45, 2.75) is 19.3 Å². The Morgan fingerprint density at radius 1 is 1.20 bits per heavy atom. The summed E-state index contributed by atoms with van der Waals surface area (Å²) in [7, 11) is 0. The fraction of sp³-hybridized carbons (Fsp3) is 0.500. The van der Waals surface area contributed by atoms with Gasteiger partial charge in [-0.1, -0.05) is 35.3 Å². The lowest BCUT2D eigenvalue weighted by Gasteiger charge is -2.21. The standard InChI is InChI=1S/C12H14Cl2N/c13-11-3-1-2-10(12(11)14)8-9-4-6-15-7-5-9/h1-3,9H,4-8H2. The summed E-state index contributed by atoms with van der Waals surface area (Å²) in [6, 6.07) is 5.88. The van der Waals surface area contributed by atoms with E-state index in [0.717, 1.165) is 30.5 Å². The molecule has 1 radical (unpaired) electrons. The molecule has 0 unspecified atom stereocenters. The number of halogens is 2. The predicted molar refractivity (Wildman–Crippen MR) is 64.8 cm³/mol. The SMILES string of the molecule is Clc1cccc(CC2CC[N]CC2)c1Cl. The predicted octanol–water partition coefficient (Wildman–Crippen LogP) is 3.55. The molecule has 0 amide bonds. The van der Waals surface area contributed by atoms with Gasteiger partial charge in [-0.2, -0.15) is 0 Å². The number of hydrogen-bond acceptors (Lipinski definition) is 0. The molecular formula is C12H14Cl2N. The molecule has 1 saturated heterocycles. The Bertz CT molecular complexity index is 332. The second kappa shape index (κ2) is 5.20. The van der Waals surface area contributed by atoms with Crippen LogP contribution < -0.4 is 5.32 Å². The van der Waals surface area contributed by atoms with Gasteiger partial charge in [-0.15, -0.1) is 0 Å². The summed E-state index contributed by atoms with van der Waals surface area (Å²) in [5.74, 6) is 0.721. The minimum absolute atomic E-state index is 0.662. The van der Waals surface area contributed by atoms with Crippen molar-refractivity contribution in [2.75, 3.05) is 13.1 Å². The molecule has 0 aromatic heterocycles. The van der Waals surface area contributed by atoms with Crippen molar-refractivity contribution in [3.8, 4) is 0 Å². The quantitative estimate of drug-likeness (QED) is 0.754. The minimum Gasteiger partial charge on any atom is -0.242 e. The molecular weight excluding hydrogens is 229 g/mol. The third kappa shape index (κ3) is 2.87. The summed E-state index contributed by atoms with van der Waals surface area (Å²) in [6.45, 7) is 2.01. The lowest BCUT2D eigenvalue weighted by Crippen LogP contribution is -2.23. The van der Waals surface area contributed by atoms with Crippen LogP contribution in [-0.2, 0) is 6.42 Å². The summed E-state index contributed by atoms with van der Waals surface area (Å²) in [5, 5.41) is 5.74. The molecule has 0 saturated carbocycles. The van der Waals surface area contributed by atoms with E-state index in [1.807, 2.05) is 12.1 Å². The van der Waals surface area contributed by atoms with Crippen LogP contribution in [0.2, 0.25) is 10.0 Å². The molecule has 0 spiro atoms. The molecule has 1 nitrogen and oxygen atoms in total. The second-order valence-electron chi connectivity index (χ2n) is 4.03. The van der Waals surface area contributed by atoms with Gasteiger partial charge in [0, 0.05) is 13.1 Å². The van der Waals surface area contributed by atoms with Gasteiger partial charge < -0.3 is 0 Å². The molecule has 15 heavy (non-hydrogen) atoms. The van der Waals surface area contributed by atoms with Gasteiger partial charge >= 0.3 is 0 Å². The molecule has 3 heteroatoms. The van der Waals surface area contributed by atoms with Crippen LogP contribution in [0.25, 0.3) is 0 Å². The number of benzene rings is 1. The first-order valence-electron chi connectivity index (χ1n) is 5.33. The summed E-state index contributed by atoms with van der Waals surface area (Å²) >= 11 is 12.1. The van der Waals surface area contributed by atoms with Crippen LogP contribution in [0.3, 0.4) is 0 Å². The van der Waals surface area contributed by atoms with E-state index in [9.17, 15) is 0 Å². The van der Waals surface area contributed by atoms with Crippen molar-refractivity contribution < 1.29 is 0 Å². The van der Waals surface area contributed by atoms with Crippen molar-refractivity contribution in [3.63, 3.8) is 0 Å². The zero-order chi connectivity index (χ0) is 10.7. The summed E-state index contributed by atoms with van der Waals surface area (Å²) < 4.78 is 0. The van der Waals surface area contributed by atoms with Crippen molar-refractivity contribution >= 4 is 23.2 Å². The van der Waals surface area contributed by atoms with Crippen LogP contribution >= 0.6 is 23.2 Å². The number of rotatable bonds is 2. The van der Waals surface area contributed by atoms with Gasteiger partial charge in [-0.3, -0.25) is 0 Å². The monoisotopic (exact) mass is 242 g/mol. The molecule has 0 bridgehead atoms.